The molecule has 1 N–H and O–H groups in total. The molecule has 0 saturated carbocycles. The van der Waals surface area contributed by atoms with Crippen molar-refractivity contribution in [2.75, 3.05) is 5.32 Å². The zero-order chi connectivity index (χ0) is 10.3. The first kappa shape index (κ1) is 8.16. The monoisotopic (exact) mass is 200 g/mol. The molecule has 1 aliphatic heterocycles. The predicted molar refractivity (Wildman–Crippen MR) is 53.5 cm³/mol. The van der Waals surface area contributed by atoms with E-state index in [1.165, 1.54) is 6.20 Å². The van der Waals surface area contributed by atoms with E-state index < -0.39 is 0 Å². The first-order valence-electron chi connectivity index (χ1n) is 4.62. The summed E-state index contributed by atoms with van der Waals surface area (Å²) in [6.07, 6.45) is 1.47. The minimum atomic E-state index is -0.162. The normalized spacial score (nSPS) is 13.7. The van der Waals surface area contributed by atoms with Gasteiger partial charge in [-0.25, -0.2) is 4.68 Å². The molecule has 1 aliphatic rings. The number of nitrogens with one attached hydrogen (secondary N) is 1. The van der Waals surface area contributed by atoms with Gasteiger partial charge in [0.1, 0.15) is 5.69 Å². The third-order valence-corrected chi connectivity index (χ3v) is 2.44. The smallest absolute Gasteiger partial charge is 0.275 e. The van der Waals surface area contributed by atoms with Gasteiger partial charge in [0.05, 0.1) is 12.7 Å². The van der Waals surface area contributed by atoms with Crippen LogP contribution in [0.25, 0.3) is 0 Å². The van der Waals surface area contributed by atoms with Crippen molar-refractivity contribution in [1.29, 1.82) is 0 Å². The van der Waals surface area contributed by atoms with E-state index in [4.69, 9.17) is 0 Å². The SMILES string of the molecule is O=C1Nc2ccccc2Cn2nncc21. The molecule has 0 radical (unpaired) electrons. The van der Waals surface area contributed by atoms with Gasteiger partial charge in [-0.2, -0.15) is 0 Å². The van der Waals surface area contributed by atoms with Crippen LogP contribution in [0.2, 0.25) is 0 Å². The highest BCUT2D eigenvalue weighted by molar-refractivity contribution is 6.03. The quantitative estimate of drug-likeness (QED) is 0.687. The Morgan fingerprint density at radius 2 is 2.20 bits per heavy atom. The fraction of sp³-hybridized carbons (Fsp3) is 0.100. The standard InChI is InChI=1S/C10H8N4O/c15-10-9-5-11-13-14(9)6-7-3-1-2-4-8(7)12-10/h1-5H,6H2,(H,12,15). The summed E-state index contributed by atoms with van der Waals surface area (Å²) in [5.41, 5.74) is 2.37. The number of carbonyl (C=O) groups excluding carboxylic acids is 1. The van der Waals surface area contributed by atoms with Gasteiger partial charge in [0, 0.05) is 5.69 Å². The Kier molecular flexibility index (Phi) is 1.58. The second kappa shape index (κ2) is 2.91. The van der Waals surface area contributed by atoms with Gasteiger partial charge >= 0.3 is 0 Å². The largest absolute Gasteiger partial charge is 0.320 e. The number of hydrogen-bond donors (Lipinski definition) is 1. The van der Waals surface area contributed by atoms with Crippen LogP contribution in [0.15, 0.2) is 30.5 Å². The van der Waals surface area contributed by atoms with E-state index in [0.717, 1.165) is 11.3 Å². The van der Waals surface area contributed by atoms with Crippen LogP contribution in [-0.2, 0) is 6.54 Å². The van der Waals surface area contributed by atoms with Crippen LogP contribution in [0.4, 0.5) is 5.69 Å². The fourth-order valence-corrected chi connectivity index (χ4v) is 1.68. The van der Waals surface area contributed by atoms with E-state index in [-0.39, 0.29) is 5.91 Å². The summed E-state index contributed by atoms with van der Waals surface area (Å²) < 4.78 is 1.60. The molecule has 5 nitrogen and oxygen atoms in total. The van der Waals surface area contributed by atoms with Crippen molar-refractivity contribution in [2.45, 2.75) is 6.54 Å². The van der Waals surface area contributed by atoms with Crippen molar-refractivity contribution < 1.29 is 4.79 Å². The molecule has 15 heavy (non-hydrogen) atoms. The van der Waals surface area contributed by atoms with Gasteiger partial charge in [-0.15, -0.1) is 5.10 Å². The summed E-state index contributed by atoms with van der Waals surface area (Å²) in [5, 5.41) is 10.4. The summed E-state index contributed by atoms with van der Waals surface area (Å²) in [5.74, 6) is -0.162. The number of anilines is 1. The van der Waals surface area contributed by atoms with Crippen molar-refractivity contribution in [3.8, 4) is 0 Å². The number of fused-ring (bicyclic) bond motifs is 2. The highest BCUT2D eigenvalue weighted by Crippen LogP contribution is 2.20. The maximum absolute atomic E-state index is 11.7. The lowest BCUT2D eigenvalue weighted by Crippen LogP contribution is -2.13. The number of hydrogen-bond acceptors (Lipinski definition) is 3. The van der Waals surface area contributed by atoms with E-state index in [9.17, 15) is 4.79 Å². The molecule has 2 heterocycles. The summed E-state index contributed by atoms with van der Waals surface area (Å²) in [6.45, 7) is 0.574. The molecule has 0 aliphatic carbocycles. The molecule has 5 heteroatoms. The number of rotatable bonds is 0. The summed E-state index contributed by atoms with van der Waals surface area (Å²) in [6, 6.07) is 7.68. The van der Waals surface area contributed by atoms with Crippen LogP contribution in [0.5, 0.6) is 0 Å². The molecule has 0 fully saturated rings. The first-order chi connectivity index (χ1) is 7.34. The second-order valence-corrected chi connectivity index (χ2v) is 3.39. The third-order valence-electron chi connectivity index (χ3n) is 2.44. The molecule has 1 aromatic heterocycles. The Morgan fingerprint density at radius 3 is 3.13 bits per heavy atom. The van der Waals surface area contributed by atoms with Crippen LogP contribution in [0.1, 0.15) is 16.1 Å². The van der Waals surface area contributed by atoms with Crippen LogP contribution >= 0.6 is 0 Å². The minimum absolute atomic E-state index is 0.162. The molecule has 0 atom stereocenters. The third kappa shape index (κ3) is 1.20. The van der Waals surface area contributed by atoms with Gasteiger partial charge in [0.2, 0.25) is 0 Å². The van der Waals surface area contributed by atoms with Crippen LogP contribution in [-0.4, -0.2) is 20.9 Å². The molecule has 74 valence electrons. The van der Waals surface area contributed by atoms with Crippen LogP contribution in [0.3, 0.4) is 0 Å². The van der Waals surface area contributed by atoms with E-state index >= 15 is 0 Å². The zero-order valence-corrected chi connectivity index (χ0v) is 7.84. The lowest BCUT2D eigenvalue weighted by molar-refractivity contribution is 0.101. The van der Waals surface area contributed by atoms with E-state index in [1.807, 2.05) is 24.3 Å². The van der Waals surface area contributed by atoms with Crippen LogP contribution < -0.4 is 5.32 Å². The van der Waals surface area contributed by atoms with Crippen molar-refractivity contribution in [2.24, 2.45) is 0 Å². The Balaban J connectivity index is 2.18. The Bertz CT molecular complexity index is 532. The first-order valence-corrected chi connectivity index (χ1v) is 4.62. The minimum Gasteiger partial charge on any atom is -0.320 e. The molecule has 0 bridgehead atoms. The van der Waals surface area contributed by atoms with Gasteiger partial charge in [-0.1, -0.05) is 23.4 Å². The van der Waals surface area contributed by atoms with Gasteiger partial charge in [0.25, 0.3) is 5.91 Å². The molecule has 3 rings (SSSR count). The topological polar surface area (TPSA) is 59.8 Å². The number of aromatic nitrogens is 3. The molecule has 0 spiro atoms. The fourth-order valence-electron chi connectivity index (χ4n) is 1.68. The number of nitrogens with zero attached hydrogens (tertiary/aromatic N) is 3. The second-order valence-electron chi connectivity index (χ2n) is 3.39. The van der Waals surface area contributed by atoms with Crippen molar-refractivity contribution in [3.63, 3.8) is 0 Å². The van der Waals surface area contributed by atoms with Gasteiger partial charge in [-0.05, 0) is 11.6 Å². The number of carbonyl (C=O) groups is 1. The van der Waals surface area contributed by atoms with Gasteiger partial charge in [0.15, 0.2) is 0 Å². The lowest BCUT2D eigenvalue weighted by atomic mass is 10.2. The summed E-state index contributed by atoms with van der Waals surface area (Å²) >= 11 is 0. The summed E-state index contributed by atoms with van der Waals surface area (Å²) in [4.78, 5) is 11.7. The molecule has 0 saturated heterocycles. The molecular weight excluding hydrogens is 192 g/mol. The predicted octanol–water partition coefficient (Wildman–Crippen LogP) is 0.892. The summed E-state index contributed by atoms with van der Waals surface area (Å²) in [7, 11) is 0. The van der Waals surface area contributed by atoms with Gasteiger partial charge < -0.3 is 5.32 Å². The molecule has 2 aromatic rings. The Morgan fingerprint density at radius 1 is 1.33 bits per heavy atom. The van der Waals surface area contributed by atoms with E-state index in [1.54, 1.807) is 4.68 Å². The average Bonchev–Trinajstić information content (AvgIpc) is 2.64. The zero-order valence-electron chi connectivity index (χ0n) is 7.84. The van der Waals surface area contributed by atoms with Crippen molar-refractivity contribution in [1.82, 2.24) is 15.0 Å². The maximum Gasteiger partial charge on any atom is 0.275 e. The van der Waals surface area contributed by atoms with Crippen LogP contribution in [0, 0.1) is 0 Å². The van der Waals surface area contributed by atoms with E-state index in [0.29, 0.717) is 12.2 Å². The molecular formula is C10H8N4O. The Hall–Kier alpha value is -2.17. The molecule has 1 aromatic carbocycles. The number of amides is 1. The lowest BCUT2D eigenvalue weighted by Gasteiger charge is -2.04. The maximum atomic E-state index is 11.7. The van der Waals surface area contributed by atoms with Crippen molar-refractivity contribution in [3.05, 3.63) is 41.7 Å². The highest BCUT2D eigenvalue weighted by atomic mass is 16.2. The molecule has 1 amide bonds. The van der Waals surface area contributed by atoms with Crippen molar-refractivity contribution >= 4 is 11.6 Å². The van der Waals surface area contributed by atoms with Gasteiger partial charge in [-0.3, -0.25) is 4.79 Å². The number of para-hydroxylation sites is 1. The number of benzene rings is 1. The van der Waals surface area contributed by atoms with E-state index in [2.05, 4.69) is 15.6 Å². The average molecular weight is 200 g/mol. The molecule has 0 unspecified atom stereocenters. The highest BCUT2D eigenvalue weighted by Gasteiger charge is 2.19. The Labute approximate surface area is 85.7 Å².